The first kappa shape index (κ1) is 58.6. The molecule has 0 aromatic carbocycles. The van der Waals surface area contributed by atoms with Gasteiger partial charge in [0.25, 0.3) is 0 Å². The van der Waals surface area contributed by atoms with Crippen LogP contribution in [0.2, 0.25) is 0 Å². The molecule has 5 aliphatic carbocycles. The van der Waals surface area contributed by atoms with Crippen molar-refractivity contribution in [1.29, 1.82) is 0 Å². The molecule has 0 spiro atoms. The summed E-state index contributed by atoms with van der Waals surface area (Å²) in [7, 11) is 0. The van der Waals surface area contributed by atoms with Gasteiger partial charge in [-0.1, -0.05) is 53.2 Å². The van der Waals surface area contributed by atoms with Crippen molar-refractivity contribution in [3.05, 3.63) is 11.6 Å². The molecule has 4 aliphatic heterocycles. The molecule has 9 rings (SSSR count). The number of rotatable bonds is 11. The lowest BCUT2D eigenvalue weighted by Gasteiger charge is -2.71. The number of carboxylic acid groups (broad SMARTS) is 1. The van der Waals surface area contributed by atoms with Gasteiger partial charge in [-0.2, -0.15) is 0 Å². The molecule has 0 aromatic rings. The Morgan fingerprint density at radius 3 is 1.96 bits per heavy atom. The van der Waals surface area contributed by atoms with Crippen LogP contribution in [-0.4, -0.2) is 221 Å². The van der Waals surface area contributed by atoms with Gasteiger partial charge in [-0.25, -0.2) is 4.79 Å². The monoisotopic (exact) mass is 1090 g/mol. The van der Waals surface area contributed by atoms with Crippen LogP contribution in [0.15, 0.2) is 11.6 Å². The molecule has 0 radical (unpaired) electrons. The fourth-order valence-corrected chi connectivity index (χ4v) is 16.2. The lowest BCUT2D eigenvalue weighted by molar-refractivity contribution is -0.391. The van der Waals surface area contributed by atoms with Gasteiger partial charge in [-0.3, -0.25) is 4.79 Å². The number of carbonyl (C=O) groups excluding carboxylic acids is 1. The number of aliphatic carboxylic acids is 1. The van der Waals surface area contributed by atoms with Crippen LogP contribution >= 0.6 is 0 Å². The molecule has 0 amide bonds. The van der Waals surface area contributed by atoms with Crippen molar-refractivity contribution in [2.24, 2.45) is 50.2 Å². The Morgan fingerprint density at radius 1 is 0.645 bits per heavy atom. The molecule has 4 heterocycles. The van der Waals surface area contributed by atoms with Crippen LogP contribution in [-0.2, 0) is 47.5 Å². The standard InChI is InChI=1S/C53H84O23/c1-22-30(57)33(60)36(63)44(70-22)75-41-39(73-43-35(62)31(58)25(56)20-69-43)38(65)40(42(66)67)74-46(41)72-29-11-12-50(5)27(48(29,2)3)10-13-52(7)28(50)9-8-23-24-18-49(4,21-55)14-16-53(24,17-15-51(23,52)6)47(68)76-45-37(64)34(61)32(59)26(19-54)71-45/h8,22,24-41,43-46,54-65H,9-21H2,1-7H3,(H,66,67)/t22-,24-,25+,26+,27-,28+,29-,30-,31-,32+,33+,34-,35+,36+,37+,38-,39-,40-,41+,43-,44-,45-,46+,49-,50-,51+,52+,53-/m0/s1. The van der Waals surface area contributed by atoms with Gasteiger partial charge in [-0.15, -0.1) is 0 Å². The number of hydrogen-bond donors (Lipinski definition) is 13. The Balaban J connectivity index is 1.00. The third-order valence-corrected chi connectivity index (χ3v) is 21.2. The van der Waals surface area contributed by atoms with E-state index in [1.165, 1.54) is 6.92 Å². The van der Waals surface area contributed by atoms with E-state index in [9.17, 15) is 76.0 Å². The molecule has 0 bridgehead atoms. The van der Waals surface area contributed by atoms with Gasteiger partial charge >= 0.3 is 11.9 Å². The van der Waals surface area contributed by atoms with Crippen LogP contribution in [0.5, 0.6) is 0 Å². The van der Waals surface area contributed by atoms with Gasteiger partial charge in [0.1, 0.15) is 79.4 Å². The zero-order valence-corrected chi connectivity index (χ0v) is 44.4. The molecular formula is C53H84O23. The fraction of sp³-hybridized carbons (Fsp3) is 0.925. The summed E-state index contributed by atoms with van der Waals surface area (Å²) in [6.45, 7) is 13.3. The van der Waals surface area contributed by atoms with Crippen molar-refractivity contribution in [3.63, 3.8) is 0 Å². The number of fused-ring (bicyclic) bond motifs is 7. The maximum absolute atomic E-state index is 14.8. The van der Waals surface area contributed by atoms with Crippen molar-refractivity contribution in [3.8, 4) is 0 Å². The molecule has 13 N–H and O–H groups in total. The van der Waals surface area contributed by atoms with Crippen molar-refractivity contribution in [1.82, 2.24) is 0 Å². The minimum Gasteiger partial charge on any atom is -0.479 e. The van der Waals surface area contributed by atoms with Crippen LogP contribution in [0.3, 0.4) is 0 Å². The highest BCUT2D eigenvalue weighted by Gasteiger charge is 2.70. The normalized spacial score (nSPS) is 54.2. The number of ether oxygens (including phenoxy) is 8. The van der Waals surface area contributed by atoms with Gasteiger partial charge < -0.3 is 104 Å². The van der Waals surface area contributed by atoms with Crippen LogP contribution < -0.4 is 0 Å². The van der Waals surface area contributed by atoms with Gasteiger partial charge in [0, 0.05) is 6.61 Å². The maximum Gasteiger partial charge on any atom is 0.335 e. The van der Waals surface area contributed by atoms with E-state index in [1.54, 1.807) is 0 Å². The second-order valence-corrected chi connectivity index (χ2v) is 25.7. The number of hydrogen-bond acceptors (Lipinski definition) is 22. The summed E-state index contributed by atoms with van der Waals surface area (Å²) in [5.74, 6) is -2.45. The van der Waals surface area contributed by atoms with E-state index in [0.29, 0.717) is 51.4 Å². The van der Waals surface area contributed by atoms with E-state index in [4.69, 9.17) is 37.9 Å². The first-order valence-corrected chi connectivity index (χ1v) is 27.3. The molecule has 76 heavy (non-hydrogen) atoms. The summed E-state index contributed by atoms with van der Waals surface area (Å²) in [6.07, 6.45) is -24.7. The largest absolute Gasteiger partial charge is 0.479 e. The number of aliphatic hydroxyl groups excluding tert-OH is 12. The van der Waals surface area contributed by atoms with E-state index in [1.807, 2.05) is 6.92 Å². The molecule has 23 heteroatoms. The van der Waals surface area contributed by atoms with E-state index in [2.05, 4.69) is 40.7 Å². The first-order chi connectivity index (χ1) is 35.5. The van der Waals surface area contributed by atoms with Crippen molar-refractivity contribution in [2.75, 3.05) is 19.8 Å². The Hall–Kier alpha value is -2.08. The van der Waals surface area contributed by atoms with Gasteiger partial charge in [0.05, 0.1) is 30.8 Å². The first-order valence-electron chi connectivity index (χ1n) is 27.3. The van der Waals surface area contributed by atoms with Gasteiger partial charge in [0.2, 0.25) is 6.29 Å². The van der Waals surface area contributed by atoms with E-state index >= 15 is 0 Å². The molecule has 0 unspecified atom stereocenters. The second kappa shape index (κ2) is 21.0. The summed E-state index contributed by atoms with van der Waals surface area (Å²) in [6, 6.07) is 0. The highest BCUT2D eigenvalue weighted by Crippen LogP contribution is 2.76. The average molecular weight is 1090 g/mol. The molecule has 28 atom stereocenters. The molecule has 23 nitrogen and oxygen atoms in total. The number of allylic oxidation sites excluding steroid dienone is 2. The molecular weight excluding hydrogens is 1000 g/mol. The predicted molar refractivity (Wildman–Crippen MR) is 257 cm³/mol. The zero-order valence-electron chi connectivity index (χ0n) is 44.4. The van der Waals surface area contributed by atoms with Crippen molar-refractivity contribution < 1.29 is 114 Å². The maximum atomic E-state index is 14.8. The second-order valence-electron chi connectivity index (χ2n) is 25.7. The topological polar surface area (TPSA) is 371 Å². The summed E-state index contributed by atoms with van der Waals surface area (Å²) < 4.78 is 48.3. The third-order valence-electron chi connectivity index (χ3n) is 21.2. The van der Waals surface area contributed by atoms with Crippen LogP contribution in [0.4, 0.5) is 0 Å². The smallest absolute Gasteiger partial charge is 0.335 e. The SMILES string of the molecule is C[C@@H]1O[C@@H](O[C@H]2[C@H](O[C@H]3CC[C@]4(C)[C@H]5CC=C6[C@@H]7C[C@@](C)(CO)CC[C@]7(C(=O)O[C@@H]7O[C@H](CO)[C@@H](O)[C@H](O)[C@H]7O)CC[C@@]6(C)[C@]5(C)CC[C@H]4C3(C)C)O[C@H](C(=O)O)[C@@H](O)[C@@H]2O[C@@H]2OC[C@@H](O)[C@H](O)[C@H]2O)[C@H](O)[C@H](O)[C@H]1O. The Morgan fingerprint density at radius 2 is 1.29 bits per heavy atom. The molecule has 9 aliphatic rings. The summed E-state index contributed by atoms with van der Waals surface area (Å²) >= 11 is 0. The summed E-state index contributed by atoms with van der Waals surface area (Å²) in [4.78, 5) is 27.6. The van der Waals surface area contributed by atoms with E-state index in [0.717, 1.165) is 18.4 Å². The van der Waals surface area contributed by atoms with Crippen molar-refractivity contribution >= 4 is 11.9 Å². The quantitative estimate of drug-likeness (QED) is 0.0649. The molecule has 434 valence electrons. The number of aliphatic hydroxyl groups is 12. The highest BCUT2D eigenvalue weighted by atomic mass is 16.8. The third kappa shape index (κ3) is 9.33. The molecule has 0 aromatic heterocycles. The summed E-state index contributed by atoms with van der Waals surface area (Å²) in [5, 5.41) is 139. The lowest BCUT2D eigenvalue weighted by atomic mass is 9.33. The molecule has 8 fully saturated rings. The molecule has 4 saturated carbocycles. The number of carbonyl (C=O) groups is 2. The lowest BCUT2D eigenvalue weighted by Crippen LogP contribution is -2.68. The average Bonchev–Trinajstić information content (AvgIpc) is 3.37. The molecule has 4 saturated heterocycles. The van der Waals surface area contributed by atoms with E-state index in [-0.39, 0.29) is 35.2 Å². The summed E-state index contributed by atoms with van der Waals surface area (Å²) in [5.41, 5.74) is -2.15. The minimum atomic E-state index is -2.05. The van der Waals surface area contributed by atoms with Crippen molar-refractivity contribution in [2.45, 2.75) is 235 Å². The highest BCUT2D eigenvalue weighted by molar-refractivity contribution is 5.79. The van der Waals surface area contributed by atoms with Gasteiger partial charge in [-0.05, 0) is 116 Å². The number of carboxylic acids is 1. The fourth-order valence-electron chi connectivity index (χ4n) is 16.2. The zero-order chi connectivity index (χ0) is 55.6. The Bertz CT molecular complexity index is 2150. The minimum absolute atomic E-state index is 0.00511. The van der Waals surface area contributed by atoms with Crippen LogP contribution in [0, 0.1) is 50.2 Å². The Labute approximate surface area is 442 Å². The number of esters is 1. The van der Waals surface area contributed by atoms with Gasteiger partial charge in [0.15, 0.2) is 25.0 Å². The Kier molecular flexibility index (Phi) is 16.2. The van der Waals surface area contributed by atoms with Crippen LogP contribution in [0.1, 0.15) is 113 Å². The van der Waals surface area contributed by atoms with Crippen LogP contribution in [0.25, 0.3) is 0 Å². The van der Waals surface area contributed by atoms with E-state index < -0.39 is 170 Å². The predicted octanol–water partition coefficient (Wildman–Crippen LogP) is -1.30.